The molecule has 1 saturated heterocycles. The van der Waals surface area contributed by atoms with Gasteiger partial charge in [-0.1, -0.05) is 37.3 Å². The summed E-state index contributed by atoms with van der Waals surface area (Å²) in [7, 11) is 0. The fourth-order valence-corrected chi connectivity index (χ4v) is 3.19. The molecule has 1 fully saturated rings. The lowest BCUT2D eigenvalue weighted by molar-refractivity contribution is 0.0941. The molecule has 0 radical (unpaired) electrons. The van der Waals surface area contributed by atoms with E-state index < -0.39 is 0 Å². The Morgan fingerprint density at radius 1 is 1.23 bits per heavy atom. The average molecular weight is 319 g/mol. The van der Waals surface area contributed by atoms with Gasteiger partial charge in [-0.05, 0) is 48.8 Å². The van der Waals surface area contributed by atoms with Crippen LogP contribution in [0.15, 0.2) is 42.5 Å². The Morgan fingerprint density at radius 2 is 2.00 bits per heavy atom. The molecule has 3 nitrogen and oxygen atoms in total. The van der Waals surface area contributed by atoms with Gasteiger partial charge in [0, 0.05) is 18.2 Å². The van der Waals surface area contributed by atoms with E-state index in [4.69, 9.17) is 0 Å². The number of hydrogen-bond donors (Lipinski definition) is 1. The number of hydrogen-bond acceptors (Lipinski definition) is 2. The number of rotatable bonds is 4. The van der Waals surface area contributed by atoms with Crippen molar-refractivity contribution in [1.29, 1.82) is 0 Å². The number of benzene rings is 2. The number of likely N-dealkylation sites (tertiary alicyclic amines) is 1. The number of carbonyl (C=O) groups is 1. The molecule has 118 valence electrons. The van der Waals surface area contributed by atoms with Crippen LogP contribution in [-0.2, 0) is 0 Å². The van der Waals surface area contributed by atoms with Crippen molar-refractivity contribution in [3.05, 3.63) is 48.0 Å². The third-order valence-electron chi connectivity index (χ3n) is 4.42. The van der Waals surface area contributed by atoms with Gasteiger partial charge in [0.2, 0.25) is 0 Å². The van der Waals surface area contributed by atoms with Crippen molar-refractivity contribution >= 4 is 29.1 Å². The summed E-state index contributed by atoms with van der Waals surface area (Å²) in [4.78, 5) is 14.8. The van der Waals surface area contributed by atoms with Crippen LogP contribution in [0.4, 0.5) is 0 Å². The third-order valence-corrected chi connectivity index (χ3v) is 4.42. The van der Waals surface area contributed by atoms with Gasteiger partial charge in [0.25, 0.3) is 5.91 Å². The van der Waals surface area contributed by atoms with Crippen LogP contribution >= 0.6 is 12.4 Å². The molecular formula is C18H23ClN2O. The molecule has 1 unspecified atom stereocenters. The zero-order valence-electron chi connectivity index (χ0n) is 12.9. The van der Waals surface area contributed by atoms with Gasteiger partial charge in [0.1, 0.15) is 0 Å². The molecule has 0 bridgehead atoms. The monoisotopic (exact) mass is 318 g/mol. The van der Waals surface area contributed by atoms with Gasteiger partial charge in [0.15, 0.2) is 0 Å². The lowest BCUT2D eigenvalue weighted by Gasteiger charge is -2.22. The van der Waals surface area contributed by atoms with E-state index in [9.17, 15) is 4.79 Å². The topological polar surface area (TPSA) is 32.3 Å². The molecule has 0 spiro atoms. The Bertz CT molecular complexity index is 644. The highest BCUT2D eigenvalue weighted by Gasteiger charge is 2.23. The number of nitrogens with one attached hydrogen (secondary N) is 1. The van der Waals surface area contributed by atoms with Gasteiger partial charge in [-0.3, -0.25) is 9.69 Å². The molecule has 1 amide bonds. The Kier molecular flexibility index (Phi) is 5.81. The second kappa shape index (κ2) is 7.61. The first-order valence-electron chi connectivity index (χ1n) is 7.79. The van der Waals surface area contributed by atoms with Crippen molar-refractivity contribution < 1.29 is 4.79 Å². The summed E-state index contributed by atoms with van der Waals surface area (Å²) < 4.78 is 0. The number of likely N-dealkylation sites (N-methyl/N-ethyl adjacent to an activating group) is 1. The number of fused-ring (bicyclic) bond motifs is 1. The van der Waals surface area contributed by atoms with Gasteiger partial charge in [0.05, 0.1) is 0 Å². The summed E-state index contributed by atoms with van der Waals surface area (Å²) in [6, 6.07) is 14.5. The molecule has 4 heteroatoms. The molecule has 1 atom stereocenters. The lowest BCUT2D eigenvalue weighted by atomic mass is 10.1. The molecule has 1 aliphatic heterocycles. The minimum atomic E-state index is 0. The van der Waals surface area contributed by atoms with Gasteiger partial charge in [-0.15, -0.1) is 12.4 Å². The van der Waals surface area contributed by atoms with Crippen molar-refractivity contribution in [3.8, 4) is 0 Å². The normalized spacial score (nSPS) is 18.1. The second-order valence-electron chi connectivity index (χ2n) is 5.70. The number of carbonyl (C=O) groups excluding carboxylic acids is 1. The molecule has 0 saturated carbocycles. The molecule has 2 aromatic rings. The van der Waals surface area contributed by atoms with E-state index in [1.54, 1.807) is 0 Å². The van der Waals surface area contributed by atoms with Crippen LogP contribution < -0.4 is 5.32 Å². The van der Waals surface area contributed by atoms with Gasteiger partial charge < -0.3 is 5.32 Å². The zero-order chi connectivity index (χ0) is 14.7. The van der Waals surface area contributed by atoms with E-state index in [-0.39, 0.29) is 18.3 Å². The van der Waals surface area contributed by atoms with Crippen molar-refractivity contribution in [2.24, 2.45) is 0 Å². The highest BCUT2D eigenvalue weighted by Crippen LogP contribution is 2.17. The Hall–Kier alpha value is -1.58. The van der Waals surface area contributed by atoms with E-state index in [2.05, 4.69) is 23.2 Å². The summed E-state index contributed by atoms with van der Waals surface area (Å²) in [5.41, 5.74) is 0.745. The number of amides is 1. The van der Waals surface area contributed by atoms with Crippen molar-refractivity contribution in [2.75, 3.05) is 19.6 Å². The van der Waals surface area contributed by atoms with Gasteiger partial charge in [-0.2, -0.15) is 0 Å². The predicted octanol–water partition coefficient (Wildman–Crippen LogP) is 3.48. The summed E-state index contributed by atoms with van der Waals surface area (Å²) in [5, 5.41) is 5.37. The Labute approximate surface area is 138 Å². The van der Waals surface area contributed by atoms with Crippen LogP contribution in [0.1, 0.15) is 30.1 Å². The molecular weight excluding hydrogens is 296 g/mol. The van der Waals surface area contributed by atoms with E-state index in [1.165, 1.54) is 18.2 Å². The van der Waals surface area contributed by atoms with E-state index in [1.807, 2.05) is 36.4 Å². The van der Waals surface area contributed by atoms with E-state index >= 15 is 0 Å². The minimum Gasteiger partial charge on any atom is -0.350 e. The van der Waals surface area contributed by atoms with Gasteiger partial charge in [-0.25, -0.2) is 0 Å². The lowest BCUT2D eigenvalue weighted by Crippen LogP contribution is -2.40. The van der Waals surface area contributed by atoms with Crippen LogP contribution in [0.3, 0.4) is 0 Å². The molecule has 0 aromatic heterocycles. The largest absolute Gasteiger partial charge is 0.350 e. The highest BCUT2D eigenvalue weighted by atomic mass is 35.5. The molecule has 3 rings (SSSR count). The maximum absolute atomic E-state index is 12.3. The summed E-state index contributed by atoms with van der Waals surface area (Å²) in [6.07, 6.45) is 2.43. The SMILES string of the molecule is CCN1CCCC1CNC(=O)c1ccc2ccccc2c1.Cl. The number of nitrogens with zero attached hydrogens (tertiary/aromatic N) is 1. The number of halogens is 1. The van der Waals surface area contributed by atoms with Crippen LogP contribution in [0, 0.1) is 0 Å². The minimum absolute atomic E-state index is 0. The molecule has 22 heavy (non-hydrogen) atoms. The van der Waals surface area contributed by atoms with Crippen LogP contribution in [0.2, 0.25) is 0 Å². The summed E-state index contributed by atoms with van der Waals surface area (Å²) >= 11 is 0. The summed E-state index contributed by atoms with van der Waals surface area (Å²) in [5.74, 6) is 0.0312. The fourth-order valence-electron chi connectivity index (χ4n) is 3.19. The molecule has 0 aliphatic carbocycles. The molecule has 2 aromatic carbocycles. The average Bonchev–Trinajstić information content (AvgIpc) is 2.99. The van der Waals surface area contributed by atoms with Crippen molar-refractivity contribution in [3.63, 3.8) is 0 Å². The van der Waals surface area contributed by atoms with Crippen LogP contribution in [-0.4, -0.2) is 36.5 Å². The Balaban J connectivity index is 0.00000176. The van der Waals surface area contributed by atoms with Crippen molar-refractivity contribution in [2.45, 2.75) is 25.8 Å². The maximum Gasteiger partial charge on any atom is 0.251 e. The second-order valence-corrected chi connectivity index (χ2v) is 5.70. The zero-order valence-corrected chi connectivity index (χ0v) is 13.7. The summed E-state index contributed by atoms with van der Waals surface area (Å²) in [6.45, 7) is 5.16. The highest BCUT2D eigenvalue weighted by molar-refractivity contribution is 5.98. The van der Waals surface area contributed by atoms with Crippen LogP contribution in [0.25, 0.3) is 10.8 Å². The van der Waals surface area contributed by atoms with Crippen molar-refractivity contribution in [1.82, 2.24) is 10.2 Å². The van der Waals surface area contributed by atoms with E-state index in [0.29, 0.717) is 6.04 Å². The first-order chi connectivity index (χ1) is 10.3. The predicted molar refractivity (Wildman–Crippen MR) is 93.8 cm³/mol. The first-order valence-corrected chi connectivity index (χ1v) is 7.79. The molecule has 1 aliphatic rings. The quantitative estimate of drug-likeness (QED) is 0.936. The van der Waals surface area contributed by atoms with Gasteiger partial charge >= 0.3 is 0 Å². The maximum atomic E-state index is 12.3. The van der Waals surface area contributed by atoms with E-state index in [0.717, 1.165) is 30.6 Å². The molecule has 1 heterocycles. The fraction of sp³-hybridized carbons (Fsp3) is 0.389. The molecule has 1 N–H and O–H groups in total. The standard InChI is InChI=1S/C18H22N2O.ClH/c1-2-20-11-5-8-17(20)13-19-18(21)16-10-9-14-6-3-4-7-15(14)12-16;/h3-4,6-7,9-10,12,17H,2,5,8,11,13H2,1H3,(H,19,21);1H. The third kappa shape index (κ3) is 3.60. The van der Waals surface area contributed by atoms with Crippen LogP contribution in [0.5, 0.6) is 0 Å². The smallest absolute Gasteiger partial charge is 0.251 e. The first kappa shape index (κ1) is 16.8. The Morgan fingerprint density at radius 3 is 2.77 bits per heavy atom.